The van der Waals surface area contributed by atoms with Gasteiger partial charge in [0.1, 0.15) is 11.4 Å². The summed E-state index contributed by atoms with van der Waals surface area (Å²) in [5.41, 5.74) is 1.74. The van der Waals surface area contributed by atoms with Gasteiger partial charge < -0.3 is 14.5 Å². The average Bonchev–Trinajstić information content (AvgIpc) is 3.53. The third kappa shape index (κ3) is 4.01. The number of carbonyl (C=O) groups is 2. The molecular formula is C22H25N3O3. The highest BCUT2D eigenvalue weighted by molar-refractivity contribution is 5.92. The number of hydrogen-bond acceptors (Lipinski definition) is 4. The molecule has 2 aromatic rings. The average molecular weight is 379 g/mol. The van der Waals surface area contributed by atoms with Crippen molar-refractivity contribution in [3.05, 3.63) is 59.9 Å². The highest BCUT2D eigenvalue weighted by atomic mass is 16.5. The maximum Gasteiger partial charge on any atom is 0.272 e. The number of carbonyl (C=O) groups excluding carboxylic acids is 2. The van der Waals surface area contributed by atoms with Gasteiger partial charge in [-0.15, -0.1) is 0 Å². The number of methoxy groups -OCH3 is 1. The quantitative estimate of drug-likeness (QED) is 0.801. The van der Waals surface area contributed by atoms with Gasteiger partial charge in [0.2, 0.25) is 5.91 Å². The molecule has 6 nitrogen and oxygen atoms in total. The topological polar surface area (TPSA) is 62.7 Å². The highest BCUT2D eigenvalue weighted by Gasteiger charge is 2.40. The summed E-state index contributed by atoms with van der Waals surface area (Å²) in [6.45, 7) is 2.32. The van der Waals surface area contributed by atoms with Crippen LogP contribution in [0.3, 0.4) is 0 Å². The Bertz CT molecular complexity index is 830. The number of benzene rings is 1. The zero-order valence-electron chi connectivity index (χ0n) is 16.1. The second-order valence-corrected chi connectivity index (χ2v) is 7.47. The first-order valence-corrected chi connectivity index (χ1v) is 9.77. The fourth-order valence-corrected chi connectivity index (χ4v) is 3.90. The lowest BCUT2D eigenvalue weighted by Crippen LogP contribution is -2.50. The van der Waals surface area contributed by atoms with Crippen molar-refractivity contribution < 1.29 is 14.3 Å². The molecule has 2 aliphatic rings. The van der Waals surface area contributed by atoms with E-state index in [2.05, 4.69) is 17.1 Å². The predicted molar refractivity (Wildman–Crippen MR) is 105 cm³/mol. The number of rotatable bonds is 5. The smallest absolute Gasteiger partial charge is 0.272 e. The van der Waals surface area contributed by atoms with Gasteiger partial charge in [-0.05, 0) is 48.1 Å². The molecule has 0 unspecified atom stereocenters. The van der Waals surface area contributed by atoms with E-state index in [1.54, 1.807) is 30.3 Å². The minimum Gasteiger partial charge on any atom is -0.497 e. The van der Waals surface area contributed by atoms with Gasteiger partial charge in [-0.1, -0.05) is 18.2 Å². The molecule has 2 atom stereocenters. The van der Waals surface area contributed by atoms with E-state index < -0.39 is 0 Å². The molecule has 4 rings (SSSR count). The summed E-state index contributed by atoms with van der Waals surface area (Å²) in [5.74, 6) is 1.89. The summed E-state index contributed by atoms with van der Waals surface area (Å²) in [5, 5.41) is 0. The van der Waals surface area contributed by atoms with Gasteiger partial charge in [0.25, 0.3) is 5.91 Å². The summed E-state index contributed by atoms with van der Waals surface area (Å²) < 4.78 is 5.20. The van der Waals surface area contributed by atoms with Crippen LogP contribution in [0.5, 0.6) is 5.75 Å². The van der Waals surface area contributed by atoms with E-state index in [1.807, 2.05) is 23.1 Å². The third-order valence-electron chi connectivity index (χ3n) is 5.71. The highest BCUT2D eigenvalue weighted by Crippen LogP contribution is 2.50. The molecule has 1 saturated carbocycles. The van der Waals surface area contributed by atoms with E-state index in [1.165, 1.54) is 5.56 Å². The first kappa shape index (κ1) is 18.5. The normalized spacial score (nSPS) is 21.3. The number of hydrogen-bond donors (Lipinski definition) is 0. The molecule has 2 fully saturated rings. The summed E-state index contributed by atoms with van der Waals surface area (Å²) in [4.78, 5) is 32.9. The molecule has 2 amide bonds. The molecule has 6 heteroatoms. The van der Waals surface area contributed by atoms with Gasteiger partial charge in [0.05, 0.1) is 7.11 Å². The van der Waals surface area contributed by atoms with Crippen molar-refractivity contribution in [2.24, 2.45) is 5.92 Å². The van der Waals surface area contributed by atoms with Crippen LogP contribution in [-0.4, -0.2) is 59.9 Å². The van der Waals surface area contributed by atoms with E-state index in [9.17, 15) is 9.59 Å². The van der Waals surface area contributed by atoms with E-state index in [-0.39, 0.29) is 11.8 Å². The SMILES string of the molecule is COc1ccc([C@@H]2C[C@H]2CC(=O)N2CCN(C(=O)c3ccccn3)CC2)cc1. The van der Waals surface area contributed by atoms with E-state index in [0.717, 1.165) is 12.2 Å². The Kier molecular flexibility index (Phi) is 5.28. The van der Waals surface area contributed by atoms with Crippen LogP contribution in [0.4, 0.5) is 0 Å². The van der Waals surface area contributed by atoms with Crippen LogP contribution in [0.1, 0.15) is 34.8 Å². The summed E-state index contributed by atoms with van der Waals surface area (Å²) in [6.07, 6.45) is 3.28. The lowest BCUT2D eigenvalue weighted by Gasteiger charge is -2.34. The first-order valence-electron chi connectivity index (χ1n) is 9.77. The molecule has 0 spiro atoms. The molecule has 1 aliphatic heterocycles. The summed E-state index contributed by atoms with van der Waals surface area (Å²) >= 11 is 0. The van der Waals surface area contributed by atoms with Crippen molar-refractivity contribution in [1.29, 1.82) is 0 Å². The van der Waals surface area contributed by atoms with Crippen molar-refractivity contribution in [1.82, 2.24) is 14.8 Å². The van der Waals surface area contributed by atoms with E-state index in [0.29, 0.717) is 50.1 Å². The zero-order chi connectivity index (χ0) is 19.5. The molecule has 2 heterocycles. The number of ether oxygens (including phenoxy) is 1. The number of amides is 2. The lowest BCUT2D eigenvalue weighted by atomic mass is 10.1. The van der Waals surface area contributed by atoms with Gasteiger partial charge in [-0.2, -0.15) is 0 Å². The monoisotopic (exact) mass is 379 g/mol. The van der Waals surface area contributed by atoms with Crippen LogP contribution in [0, 0.1) is 5.92 Å². The molecular weight excluding hydrogens is 354 g/mol. The Balaban J connectivity index is 1.25. The Morgan fingerprint density at radius 3 is 2.39 bits per heavy atom. The van der Waals surface area contributed by atoms with Gasteiger partial charge in [-0.3, -0.25) is 14.6 Å². The minimum atomic E-state index is -0.0607. The Hall–Kier alpha value is -2.89. The molecule has 146 valence electrons. The Labute approximate surface area is 165 Å². The largest absolute Gasteiger partial charge is 0.497 e. The van der Waals surface area contributed by atoms with Gasteiger partial charge in [0.15, 0.2) is 0 Å². The molecule has 1 saturated heterocycles. The van der Waals surface area contributed by atoms with Gasteiger partial charge >= 0.3 is 0 Å². The van der Waals surface area contributed by atoms with E-state index >= 15 is 0 Å². The Morgan fingerprint density at radius 1 is 1.04 bits per heavy atom. The van der Waals surface area contributed by atoms with Gasteiger partial charge in [0, 0.05) is 38.8 Å². The second kappa shape index (κ2) is 8.00. The number of aromatic nitrogens is 1. The maximum absolute atomic E-state index is 12.7. The number of piperazine rings is 1. The van der Waals surface area contributed by atoms with Crippen LogP contribution >= 0.6 is 0 Å². The van der Waals surface area contributed by atoms with Crippen LogP contribution in [0.2, 0.25) is 0 Å². The molecule has 0 N–H and O–H groups in total. The van der Waals surface area contributed by atoms with Crippen molar-refractivity contribution in [2.75, 3.05) is 33.3 Å². The molecule has 1 aromatic carbocycles. The summed E-state index contributed by atoms with van der Waals surface area (Å²) in [7, 11) is 1.66. The van der Waals surface area contributed by atoms with Crippen LogP contribution in [0.15, 0.2) is 48.7 Å². The molecule has 1 aromatic heterocycles. The minimum absolute atomic E-state index is 0.0607. The van der Waals surface area contributed by atoms with Crippen molar-refractivity contribution in [2.45, 2.75) is 18.8 Å². The van der Waals surface area contributed by atoms with Crippen LogP contribution < -0.4 is 4.74 Å². The molecule has 28 heavy (non-hydrogen) atoms. The van der Waals surface area contributed by atoms with Crippen molar-refractivity contribution in [3.63, 3.8) is 0 Å². The molecule has 0 bridgehead atoms. The standard InChI is InChI=1S/C22H25N3O3/c1-28-18-7-5-16(6-8-18)19-14-17(19)15-21(26)24-10-12-25(13-11-24)22(27)20-4-2-3-9-23-20/h2-9,17,19H,10-15H2,1H3/t17-,19-/m0/s1. The maximum atomic E-state index is 12.7. The van der Waals surface area contributed by atoms with Crippen molar-refractivity contribution >= 4 is 11.8 Å². The predicted octanol–water partition coefficient (Wildman–Crippen LogP) is 2.57. The third-order valence-corrected chi connectivity index (χ3v) is 5.71. The first-order chi connectivity index (χ1) is 13.7. The fraction of sp³-hybridized carbons (Fsp3) is 0.409. The van der Waals surface area contributed by atoms with Crippen LogP contribution in [0.25, 0.3) is 0 Å². The zero-order valence-corrected chi connectivity index (χ0v) is 16.1. The second-order valence-electron chi connectivity index (χ2n) is 7.47. The fourth-order valence-electron chi connectivity index (χ4n) is 3.90. The van der Waals surface area contributed by atoms with Gasteiger partial charge in [-0.25, -0.2) is 0 Å². The summed E-state index contributed by atoms with van der Waals surface area (Å²) in [6, 6.07) is 13.5. The Morgan fingerprint density at radius 2 is 1.75 bits per heavy atom. The lowest BCUT2D eigenvalue weighted by molar-refractivity contribution is -0.133. The van der Waals surface area contributed by atoms with Crippen LogP contribution in [-0.2, 0) is 4.79 Å². The van der Waals surface area contributed by atoms with Crippen molar-refractivity contribution in [3.8, 4) is 5.75 Å². The van der Waals surface area contributed by atoms with E-state index in [4.69, 9.17) is 4.74 Å². The number of pyridine rings is 1. The number of nitrogens with zero attached hydrogens (tertiary/aromatic N) is 3. The molecule has 1 aliphatic carbocycles. The molecule has 0 radical (unpaired) electrons.